The van der Waals surface area contributed by atoms with Crippen molar-refractivity contribution in [3.05, 3.63) is 77.9 Å². The molecule has 3 aromatic heterocycles. The highest BCUT2D eigenvalue weighted by Gasteiger charge is 2.51. The summed E-state index contributed by atoms with van der Waals surface area (Å²) in [4.78, 5) is 54.6. The van der Waals surface area contributed by atoms with Crippen LogP contribution >= 0.6 is 0 Å². The number of hydrogen-bond donors (Lipinski definition) is 0. The zero-order chi connectivity index (χ0) is 35.3. The van der Waals surface area contributed by atoms with Crippen molar-refractivity contribution in [2.75, 3.05) is 55.6 Å². The van der Waals surface area contributed by atoms with E-state index in [1.807, 2.05) is 55.0 Å². The number of nitrogens with zero attached hydrogens (tertiary/aromatic N) is 10. The number of aryl methyl sites for hydroxylation is 1. The van der Waals surface area contributed by atoms with E-state index in [4.69, 9.17) is 14.7 Å². The van der Waals surface area contributed by atoms with E-state index in [-0.39, 0.29) is 24.0 Å². The van der Waals surface area contributed by atoms with Crippen LogP contribution in [-0.4, -0.2) is 110 Å². The van der Waals surface area contributed by atoms with Gasteiger partial charge in [-0.05, 0) is 76.6 Å². The number of amides is 2. The summed E-state index contributed by atoms with van der Waals surface area (Å²) in [5, 5.41) is 4.39. The number of ether oxygens (including phenoxy) is 1. The van der Waals surface area contributed by atoms with Gasteiger partial charge >= 0.3 is 0 Å². The van der Waals surface area contributed by atoms with Gasteiger partial charge in [0, 0.05) is 80.5 Å². The molecule has 13 heteroatoms. The maximum absolute atomic E-state index is 14.1. The number of pyridine rings is 2. The summed E-state index contributed by atoms with van der Waals surface area (Å²) < 4.78 is 7.40. The van der Waals surface area contributed by atoms with Gasteiger partial charge in [0.25, 0.3) is 0 Å². The molecule has 3 fully saturated rings. The minimum Gasteiger partial charge on any atom is -0.475 e. The zero-order valence-electron chi connectivity index (χ0n) is 29.7. The molecule has 8 rings (SSSR count). The predicted molar refractivity (Wildman–Crippen MR) is 194 cm³/mol. The Morgan fingerprint density at radius 2 is 1.78 bits per heavy atom. The van der Waals surface area contributed by atoms with Gasteiger partial charge < -0.3 is 14.5 Å². The second-order valence-corrected chi connectivity index (χ2v) is 14.5. The van der Waals surface area contributed by atoms with Gasteiger partial charge in [-0.1, -0.05) is 6.07 Å². The minimum atomic E-state index is -0.491. The van der Waals surface area contributed by atoms with Crippen LogP contribution in [0.15, 0.2) is 66.0 Å². The Kier molecular flexibility index (Phi) is 8.53. The number of aromatic nitrogens is 5. The summed E-state index contributed by atoms with van der Waals surface area (Å²) in [6, 6.07) is 16.2. The van der Waals surface area contributed by atoms with Crippen LogP contribution in [0.1, 0.15) is 50.4 Å². The summed E-state index contributed by atoms with van der Waals surface area (Å²) in [6.45, 7) is 11.1. The second kappa shape index (κ2) is 13.2. The van der Waals surface area contributed by atoms with E-state index in [9.17, 15) is 9.59 Å². The quantitative estimate of drug-likeness (QED) is 0.273. The smallest absolute Gasteiger partial charge is 0.237 e. The lowest BCUT2D eigenvalue weighted by Crippen LogP contribution is -2.56. The minimum absolute atomic E-state index is 0.0447. The first-order valence-corrected chi connectivity index (χ1v) is 17.9. The normalized spacial score (nSPS) is 22.0. The van der Waals surface area contributed by atoms with Crippen molar-refractivity contribution < 1.29 is 14.3 Å². The summed E-state index contributed by atoms with van der Waals surface area (Å²) in [6.07, 6.45) is 5.01. The average Bonchev–Trinajstić information content (AvgIpc) is 3.92. The maximum atomic E-state index is 14.1. The number of benzene rings is 1. The third-order valence-electron chi connectivity index (χ3n) is 10.6. The van der Waals surface area contributed by atoms with Gasteiger partial charge in [0.05, 0.1) is 36.0 Å². The SMILES string of the molecule is CC(C)Oc1ccc(C2=NCc3ccc(N4CC[C@]5(CCN(CC(=O)N6CCN(c7ccc(-c8ncn(C)n8)cc7)C[C@@H]6C)C5)C4=O)nc32)cn1. The van der Waals surface area contributed by atoms with Gasteiger partial charge in [-0.2, -0.15) is 5.10 Å². The molecular weight excluding hydrogens is 644 g/mol. The number of piperazine rings is 1. The Balaban J connectivity index is 0.872. The summed E-state index contributed by atoms with van der Waals surface area (Å²) >= 11 is 0. The van der Waals surface area contributed by atoms with E-state index < -0.39 is 5.41 Å². The third-order valence-corrected chi connectivity index (χ3v) is 10.6. The molecule has 1 spiro atoms. The first-order valence-electron chi connectivity index (χ1n) is 17.9. The molecule has 4 aliphatic rings. The molecule has 1 aromatic carbocycles. The van der Waals surface area contributed by atoms with Crippen LogP contribution in [0.2, 0.25) is 0 Å². The highest BCUT2D eigenvalue weighted by atomic mass is 16.5. The molecule has 0 N–H and O–H groups in total. The Hall–Kier alpha value is -5.17. The van der Waals surface area contributed by atoms with Gasteiger partial charge in [0.2, 0.25) is 17.7 Å². The van der Waals surface area contributed by atoms with Gasteiger partial charge in [0.1, 0.15) is 12.1 Å². The van der Waals surface area contributed by atoms with Gasteiger partial charge in [-0.3, -0.25) is 29.1 Å². The molecule has 0 radical (unpaired) electrons. The average molecular weight is 689 g/mol. The topological polar surface area (TPSA) is 125 Å². The van der Waals surface area contributed by atoms with Crippen LogP contribution in [0.3, 0.4) is 0 Å². The molecule has 4 aliphatic heterocycles. The highest BCUT2D eigenvalue weighted by Crippen LogP contribution is 2.42. The largest absolute Gasteiger partial charge is 0.475 e. The Morgan fingerprint density at radius 3 is 2.51 bits per heavy atom. The third kappa shape index (κ3) is 6.35. The summed E-state index contributed by atoms with van der Waals surface area (Å²) in [7, 11) is 1.86. The monoisotopic (exact) mass is 688 g/mol. The number of aliphatic imine (C=N–C) groups is 1. The number of fused-ring (bicyclic) bond motifs is 1. The van der Waals surface area contributed by atoms with E-state index in [0.29, 0.717) is 50.2 Å². The highest BCUT2D eigenvalue weighted by molar-refractivity contribution is 6.14. The fourth-order valence-electron chi connectivity index (χ4n) is 7.91. The standard InChI is InChI=1S/C38H44N10O3/c1-25(2)51-32-12-8-28(19-39-32)34-35-29(20-40-34)7-11-31(42-35)48-16-14-38(37(48)50)13-15-45(23-38)22-33(49)47-18-17-46(21-26(47)3)30-9-5-27(6-10-30)36-41-24-44(4)43-36/h5-12,19,24-26H,13-18,20-23H2,1-4H3/t26-,38-/m0/s1. The van der Waals surface area contributed by atoms with Crippen LogP contribution in [0.4, 0.5) is 11.5 Å². The van der Waals surface area contributed by atoms with Crippen molar-refractivity contribution in [3.63, 3.8) is 0 Å². The molecule has 264 valence electrons. The van der Waals surface area contributed by atoms with E-state index in [0.717, 1.165) is 66.3 Å². The van der Waals surface area contributed by atoms with Crippen LogP contribution in [0.25, 0.3) is 11.4 Å². The number of carbonyl (C=O) groups is 2. The van der Waals surface area contributed by atoms with Gasteiger partial charge in [0.15, 0.2) is 5.82 Å². The summed E-state index contributed by atoms with van der Waals surface area (Å²) in [5.41, 5.74) is 5.11. The molecule has 0 saturated carbocycles. The second-order valence-electron chi connectivity index (χ2n) is 14.5. The van der Waals surface area contributed by atoms with Crippen LogP contribution in [0.5, 0.6) is 5.88 Å². The summed E-state index contributed by atoms with van der Waals surface area (Å²) in [5.74, 6) is 2.17. The Labute approximate surface area is 298 Å². The fourth-order valence-corrected chi connectivity index (χ4v) is 7.91. The van der Waals surface area contributed by atoms with E-state index in [2.05, 4.69) is 56.1 Å². The van der Waals surface area contributed by atoms with E-state index >= 15 is 0 Å². The molecule has 3 saturated heterocycles. The number of rotatable bonds is 8. The van der Waals surface area contributed by atoms with Crippen LogP contribution in [0, 0.1) is 5.41 Å². The van der Waals surface area contributed by atoms with E-state index in [1.54, 1.807) is 17.2 Å². The lowest BCUT2D eigenvalue weighted by atomic mass is 9.85. The fraction of sp³-hybridized carbons (Fsp3) is 0.447. The molecule has 2 amide bonds. The molecule has 0 aliphatic carbocycles. The molecule has 51 heavy (non-hydrogen) atoms. The molecular formula is C38H44N10O3. The molecule has 4 aromatic rings. The zero-order valence-corrected chi connectivity index (χ0v) is 29.7. The van der Waals surface area contributed by atoms with E-state index in [1.165, 1.54) is 0 Å². The van der Waals surface area contributed by atoms with Crippen LogP contribution in [-0.2, 0) is 23.2 Å². The molecule has 13 nitrogen and oxygen atoms in total. The first kappa shape index (κ1) is 33.0. The number of likely N-dealkylation sites (tertiary alicyclic amines) is 1. The number of carbonyl (C=O) groups excluding carboxylic acids is 2. The van der Waals surface area contributed by atoms with Crippen molar-refractivity contribution >= 4 is 29.0 Å². The Bertz CT molecular complexity index is 1970. The first-order chi connectivity index (χ1) is 24.7. The van der Waals surface area contributed by atoms with Gasteiger partial charge in [-0.25, -0.2) is 15.0 Å². The van der Waals surface area contributed by atoms with Crippen molar-refractivity contribution in [1.29, 1.82) is 0 Å². The molecule has 0 unspecified atom stereocenters. The lowest BCUT2D eigenvalue weighted by molar-refractivity contribution is -0.135. The van der Waals surface area contributed by atoms with Crippen molar-refractivity contribution in [2.45, 2.75) is 52.3 Å². The van der Waals surface area contributed by atoms with Crippen molar-refractivity contribution in [1.82, 2.24) is 34.5 Å². The van der Waals surface area contributed by atoms with Crippen LogP contribution < -0.4 is 14.5 Å². The van der Waals surface area contributed by atoms with Crippen molar-refractivity contribution in [2.24, 2.45) is 17.5 Å². The number of anilines is 2. The van der Waals surface area contributed by atoms with Gasteiger partial charge in [-0.15, -0.1) is 0 Å². The predicted octanol–water partition coefficient (Wildman–Crippen LogP) is 3.58. The lowest BCUT2D eigenvalue weighted by Gasteiger charge is -2.41. The van der Waals surface area contributed by atoms with Crippen molar-refractivity contribution in [3.8, 4) is 17.3 Å². The molecule has 0 bridgehead atoms. The molecule has 7 heterocycles. The molecule has 2 atom stereocenters. The number of hydrogen-bond acceptors (Lipinski definition) is 10. The Morgan fingerprint density at radius 1 is 0.980 bits per heavy atom. The maximum Gasteiger partial charge on any atom is 0.237 e.